The third-order valence-electron chi connectivity index (χ3n) is 4.15. The number of allylic oxidation sites excluding steroid dienone is 1. The Kier molecular flexibility index (Phi) is 5.85. The topological polar surface area (TPSA) is 55.1 Å². The Morgan fingerprint density at radius 1 is 1.29 bits per heavy atom. The van der Waals surface area contributed by atoms with E-state index in [4.69, 9.17) is 5.73 Å². The summed E-state index contributed by atoms with van der Waals surface area (Å²) in [6.45, 7) is 2.84. The number of nitrogens with two attached hydrogens (primary N) is 1. The van der Waals surface area contributed by atoms with Gasteiger partial charge in [0.25, 0.3) is 0 Å². The minimum Gasteiger partial charge on any atom is -0.399 e. The fourth-order valence-corrected chi connectivity index (χ4v) is 2.79. The molecule has 0 fully saturated rings. The van der Waals surface area contributed by atoms with Crippen LogP contribution < -0.4 is 11.1 Å². The molecule has 0 saturated carbocycles. The van der Waals surface area contributed by atoms with Crippen molar-refractivity contribution in [2.75, 3.05) is 12.3 Å². The molecule has 21 heavy (non-hydrogen) atoms. The minimum atomic E-state index is 0.135. The molecule has 0 bridgehead atoms. The van der Waals surface area contributed by atoms with Crippen LogP contribution in [0.15, 0.2) is 35.9 Å². The van der Waals surface area contributed by atoms with E-state index in [9.17, 15) is 4.79 Å². The first-order valence-corrected chi connectivity index (χ1v) is 7.95. The van der Waals surface area contributed by atoms with Crippen LogP contribution in [0, 0.1) is 0 Å². The fraction of sp³-hybridized carbons (Fsp3) is 0.500. The van der Waals surface area contributed by atoms with Crippen molar-refractivity contribution in [3.05, 3.63) is 41.5 Å². The van der Waals surface area contributed by atoms with Crippen LogP contribution in [0.4, 0.5) is 5.69 Å². The lowest BCUT2D eigenvalue weighted by Crippen LogP contribution is -2.26. The van der Waals surface area contributed by atoms with Gasteiger partial charge in [-0.05, 0) is 55.7 Å². The summed E-state index contributed by atoms with van der Waals surface area (Å²) < 4.78 is 0. The van der Waals surface area contributed by atoms with Crippen molar-refractivity contribution < 1.29 is 4.79 Å². The first-order chi connectivity index (χ1) is 10.1. The van der Waals surface area contributed by atoms with Crippen LogP contribution in [0.3, 0.4) is 0 Å². The number of carbonyl (C=O) groups excluding carboxylic acids is 1. The standard InChI is InChI=1S/C18H26N2O/c1-14(16-7-9-17(19)10-8-16)13-18(21)20-12-11-15-5-3-2-4-6-15/h5,7-10,14H,2-4,6,11-13,19H2,1H3,(H,20,21). The molecule has 0 spiro atoms. The van der Waals surface area contributed by atoms with Crippen LogP contribution in [0.25, 0.3) is 0 Å². The highest BCUT2D eigenvalue weighted by Gasteiger charge is 2.11. The maximum Gasteiger partial charge on any atom is 0.220 e. The highest BCUT2D eigenvalue weighted by molar-refractivity contribution is 5.76. The Bertz CT molecular complexity index is 490. The zero-order valence-electron chi connectivity index (χ0n) is 12.9. The molecule has 1 aromatic carbocycles. The van der Waals surface area contributed by atoms with Crippen LogP contribution in [-0.2, 0) is 4.79 Å². The number of hydrogen-bond donors (Lipinski definition) is 2. The van der Waals surface area contributed by atoms with E-state index in [0.29, 0.717) is 6.42 Å². The number of nitrogen functional groups attached to an aromatic ring is 1. The summed E-state index contributed by atoms with van der Waals surface area (Å²) in [6, 6.07) is 7.78. The molecule has 1 aromatic rings. The molecular weight excluding hydrogens is 260 g/mol. The molecule has 3 nitrogen and oxygen atoms in total. The van der Waals surface area contributed by atoms with Crippen molar-refractivity contribution in [1.29, 1.82) is 0 Å². The van der Waals surface area contributed by atoms with E-state index in [2.05, 4.69) is 18.3 Å². The summed E-state index contributed by atoms with van der Waals surface area (Å²) in [6.07, 6.45) is 8.90. The largest absolute Gasteiger partial charge is 0.399 e. The predicted molar refractivity (Wildman–Crippen MR) is 88.1 cm³/mol. The van der Waals surface area contributed by atoms with Gasteiger partial charge in [-0.1, -0.05) is 30.7 Å². The Hall–Kier alpha value is -1.77. The van der Waals surface area contributed by atoms with E-state index in [0.717, 1.165) is 24.2 Å². The van der Waals surface area contributed by atoms with Gasteiger partial charge in [0.05, 0.1) is 0 Å². The van der Waals surface area contributed by atoms with Gasteiger partial charge < -0.3 is 11.1 Å². The van der Waals surface area contributed by atoms with Gasteiger partial charge >= 0.3 is 0 Å². The first-order valence-electron chi connectivity index (χ1n) is 7.95. The Balaban J connectivity index is 1.71. The molecule has 0 heterocycles. The van der Waals surface area contributed by atoms with E-state index in [-0.39, 0.29) is 11.8 Å². The summed E-state index contributed by atoms with van der Waals surface area (Å²) in [5, 5.41) is 3.04. The highest BCUT2D eigenvalue weighted by Crippen LogP contribution is 2.21. The molecule has 1 atom stereocenters. The molecule has 1 amide bonds. The smallest absolute Gasteiger partial charge is 0.220 e. The van der Waals surface area contributed by atoms with Gasteiger partial charge in [0.1, 0.15) is 0 Å². The molecule has 0 aromatic heterocycles. The molecule has 3 N–H and O–H groups in total. The third-order valence-corrected chi connectivity index (χ3v) is 4.15. The third kappa shape index (κ3) is 5.25. The lowest BCUT2D eigenvalue weighted by atomic mass is 9.96. The second kappa shape index (κ2) is 7.87. The van der Waals surface area contributed by atoms with Gasteiger partial charge in [-0.3, -0.25) is 4.79 Å². The zero-order chi connectivity index (χ0) is 15.1. The summed E-state index contributed by atoms with van der Waals surface area (Å²) in [5.41, 5.74) is 9.11. The van der Waals surface area contributed by atoms with Gasteiger partial charge in [0, 0.05) is 18.7 Å². The van der Waals surface area contributed by atoms with Gasteiger partial charge in [-0.25, -0.2) is 0 Å². The SMILES string of the molecule is CC(CC(=O)NCCC1=CCCCC1)c1ccc(N)cc1. The lowest BCUT2D eigenvalue weighted by molar-refractivity contribution is -0.121. The average Bonchev–Trinajstić information content (AvgIpc) is 2.49. The molecule has 1 aliphatic rings. The Labute approximate surface area is 127 Å². The molecule has 2 rings (SSSR count). The predicted octanol–water partition coefficient (Wildman–Crippen LogP) is 3.77. The zero-order valence-corrected chi connectivity index (χ0v) is 12.9. The van der Waals surface area contributed by atoms with Crippen molar-refractivity contribution >= 4 is 11.6 Å². The summed E-state index contributed by atoms with van der Waals surface area (Å²) in [7, 11) is 0. The van der Waals surface area contributed by atoms with E-state index < -0.39 is 0 Å². The molecule has 0 saturated heterocycles. The second-order valence-electron chi connectivity index (χ2n) is 5.98. The molecule has 0 aliphatic heterocycles. The quantitative estimate of drug-likeness (QED) is 0.618. The molecule has 1 unspecified atom stereocenters. The molecule has 1 aliphatic carbocycles. The molecule has 3 heteroatoms. The summed E-state index contributed by atoms with van der Waals surface area (Å²) in [5.74, 6) is 0.357. The van der Waals surface area contributed by atoms with Crippen LogP contribution in [0.5, 0.6) is 0 Å². The van der Waals surface area contributed by atoms with E-state index in [1.54, 1.807) is 0 Å². The number of anilines is 1. The number of nitrogens with one attached hydrogen (secondary N) is 1. The second-order valence-corrected chi connectivity index (χ2v) is 5.98. The van der Waals surface area contributed by atoms with Gasteiger partial charge in [-0.2, -0.15) is 0 Å². The van der Waals surface area contributed by atoms with E-state index in [1.807, 2.05) is 24.3 Å². The fourth-order valence-electron chi connectivity index (χ4n) is 2.79. The summed E-state index contributed by atoms with van der Waals surface area (Å²) >= 11 is 0. The number of carbonyl (C=O) groups is 1. The van der Waals surface area contributed by atoms with E-state index >= 15 is 0 Å². The molecule has 0 radical (unpaired) electrons. The Morgan fingerprint density at radius 3 is 2.71 bits per heavy atom. The number of benzene rings is 1. The van der Waals surface area contributed by atoms with Crippen LogP contribution in [0.2, 0.25) is 0 Å². The average molecular weight is 286 g/mol. The van der Waals surface area contributed by atoms with Gasteiger partial charge in [0.2, 0.25) is 5.91 Å². The first kappa shape index (κ1) is 15.6. The monoisotopic (exact) mass is 286 g/mol. The van der Waals surface area contributed by atoms with Crippen molar-refractivity contribution in [2.24, 2.45) is 0 Å². The van der Waals surface area contributed by atoms with E-state index in [1.165, 1.54) is 31.3 Å². The van der Waals surface area contributed by atoms with Crippen molar-refractivity contribution in [2.45, 2.75) is 51.4 Å². The molecular formula is C18H26N2O. The summed E-state index contributed by atoms with van der Waals surface area (Å²) in [4.78, 5) is 12.0. The lowest BCUT2D eigenvalue weighted by Gasteiger charge is -2.14. The number of hydrogen-bond acceptors (Lipinski definition) is 2. The maximum absolute atomic E-state index is 12.0. The van der Waals surface area contributed by atoms with Crippen molar-refractivity contribution in [1.82, 2.24) is 5.32 Å². The van der Waals surface area contributed by atoms with Crippen LogP contribution in [-0.4, -0.2) is 12.5 Å². The van der Waals surface area contributed by atoms with Crippen molar-refractivity contribution in [3.8, 4) is 0 Å². The maximum atomic E-state index is 12.0. The number of amides is 1. The Morgan fingerprint density at radius 2 is 2.05 bits per heavy atom. The minimum absolute atomic E-state index is 0.135. The normalized spacial score (nSPS) is 16.1. The van der Waals surface area contributed by atoms with Crippen molar-refractivity contribution in [3.63, 3.8) is 0 Å². The van der Waals surface area contributed by atoms with Gasteiger partial charge in [-0.15, -0.1) is 0 Å². The van der Waals surface area contributed by atoms with Gasteiger partial charge in [0.15, 0.2) is 0 Å². The van der Waals surface area contributed by atoms with Crippen LogP contribution in [0.1, 0.15) is 56.9 Å². The highest BCUT2D eigenvalue weighted by atomic mass is 16.1. The van der Waals surface area contributed by atoms with Crippen LogP contribution >= 0.6 is 0 Å². The molecule has 114 valence electrons. The number of rotatable bonds is 6.